The minimum absolute atomic E-state index is 0.0846. The van der Waals surface area contributed by atoms with Crippen LogP contribution < -0.4 is 4.90 Å². The van der Waals surface area contributed by atoms with E-state index in [2.05, 4.69) is 28.9 Å². The first-order valence-corrected chi connectivity index (χ1v) is 7.58. The van der Waals surface area contributed by atoms with E-state index in [1.807, 2.05) is 37.3 Å². The lowest BCUT2D eigenvalue weighted by molar-refractivity contribution is 0.0983. The number of aromatic nitrogens is 1. The number of benzene rings is 1. The number of para-hydroxylation sites is 1. The number of hydrogen-bond donors (Lipinski definition) is 0. The average molecular weight is 282 g/mol. The Balaban J connectivity index is 2.26. The zero-order valence-electron chi connectivity index (χ0n) is 12.7. The van der Waals surface area contributed by atoms with Gasteiger partial charge in [-0.25, -0.2) is 0 Å². The molecule has 0 spiro atoms. The van der Waals surface area contributed by atoms with Gasteiger partial charge in [0.05, 0.1) is 11.9 Å². The fraction of sp³-hybridized carbons (Fsp3) is 0.333. The molecule has 3 heteroatoms. The summed E-state index contributed by atoms with van der Waals surface area (Å²) in [6.07, 6.45) is 4.55. The third kappa shape index (κ3) is 3.91. The van der Waals surface area contributed by atoms with Gasteiger partial charge in [-0.2, -0.15) is 0 Å². The number of unbranched alkanes of at least 4 members (excludes halogenated alkanes) is 1. The lowest BCUT2D eigenvalue weighted by atomic mass is 10.2. The summed E-state index contributed by atoms with van der Waals surface area (Å²) in [5.41, 5.74) is 2.73. The minimum Gasteiger partial charge on any atom is -0.340 e. The van der Waals surface area contributed by atoms with Gasteiger partial charge in [0.25, 0.3) is 0 Å². The molecule has 0 atom stereocenters. The van der Waals surface area contributed by atoms with E-state index in [4.69, 9.17) is 0 Å². The van der Waals surface area contributed by atoms with E-state index < -0.39 is 0 Å². The van der Waals surface area contributed by atoms with Gasteiger partial charge in [0.2, 0.25) is 0 Å². The summed E-state index contributed by atoms with van der Waals surface area (Å²) in [6, 6.07) is 14.1. The maximum atomic E-state index is 11.7. The highest BCUT2D eigenvalue weighted by Crippen LogP contribution is 2.25. The first kappa shape index (κ1) is 15.2. The van der Waals surface area contributed by atoms with Crippen LogP contribution >= 0.6 is 0 Å². The second-order valence-corrected chi connectivity index (χ2v) is 5.02. The first-order valence-electron chi connectivity index (χ1n) is 7.58. The van der Waals surface area contributed by atoms with Crippen molar-refractivity contribution in [2.24, 2.45) is 0 Å². The van der Waals surface area contributed by atoms with E-state index in [0.29, 0.717) is 12.1 Å². The number of ketones is 1. The molecule has 0 aliphatic heterocycles. The quantitative estimate of drug-likeness (QED) is 0.695. The molecule has 1 aromatic heterocycles. The zero-order valence-corrected chi connectivity index (χ0v) is 12.7. The Morgan fingerprint density at radius 3 is 2.38 bits per heavy atom. The van der Waals surface area contributed by atoms with Gasteiger partial charge in [-0.05, 0) is 30.7 Å². The number of rotatable bonds is 7. The second kappa shape index (κ2) is 7.58. The van der Waals surface area contributed by atoms with E-state index in [-0.39, 0.29) is 5.78 Å². The molecule has 0 saturated carbocycles. The number of pyridine rings is 1. The van der Waals surface area contributed by atoms with Crippen molar-refractivity contribution in [1.82, 2.24) is 4.98 Å². The van der Waals surface area contributed by atoms with Crippen molar-refractivity contribution >= 4 is 17.2 Å². The predicted molar refractivity (Wildman–Crippen MR) is 87.2 cm³/mol. The number of anilines is 2. The van der Waals surface area contributed by atoms with Crippen LogP contribution in [0.1, 0.15) is 43.6 Å². The van der Waals surface area contributed by atoms with Crippen LogP contribution in [0.15, 0.2) is 48.7 Å². The van der Waals surface area contributed by atoms with Gasteiger partial charge in [0.1, 0.15) is 5.69 Å². The average Bonchev–Trinajstić information content (AvgIpc) is 2.56. The molecule has 0 aliphatic rings. The van der Waals surface area contributed by atoms with Crippen molar-refractivity contribution in [3.8, 4) is 0 Å². The van der Waals surface area contributed by atoms with Crippen molar-refractivity contribution in [2.45, 2.75) is 33.1 Å². The van der Waals surface area contributed by atoms with E-state index in [1.165, 1.54) is 0 Å². The van der Waals surface area contributed by atoms with E-state index >= 15 is 0 Å². The van der Waals surface area contributed by atoms with Gasteiger partial charge >= 0.3 is 0 Å². The molecule has 110 valence electrons. The molecule has 0 unspecified atom stereocenters. The summed E-state index contributed by atoms with van der Waals surface area (Å²) in [7, 11) is 0. The molecule has 1 aromatic carbocycles. The van der Waals surface area contributed by atoms with Gasteiger partial charge in [-0.3, -0.25) is 9.78 Å². The van der Waals surface area contributed by atoms with Crippen molar-refractivity contribution in [2.75, 3.05) is 11.4 Å². The van der Waals surface area contributed by atoms with Crippen LogP contribution in [0.4, 0.5) is 11.4 Å². The fourth-order valence-electron chi connectivity index (χ4n) is 2.22. The Labute approximate surface area is 126 Å². The smallest absolute Gasteiger partial charge is 0.180 e. The molecular weight excluding hydrogens is 260 g/mol. The Morgan fingerprint density at radius 1 is 1.05 bits per heavy atom. The summed E-state index contributed by atoms with van der Waals surface area (Å²) in [6.45, 7) is 4.99. The molecule has 0 saturated heterocycles. The number of hydrogen-bond acceptors (Lipinski definition) is 3. The molecule has 0 N–H and O–H groups in total. The Hall–Kier alpha value is -2.16. The van der Waals surface area contributed by atoms with E-state index in [0.717, 1.165) is 30.8 Å². The number of nitrogens with zero attached hydrogens (tertiary/aromatic N) is 2. The van der Waals surface area contributed by atoms with Gasteiger partial charge < -0.3 is 4.90 Å². The molecule has 1 heterocycles. The monoisotopic (exact) mass is 282 g/mol. The third-order valence-corrected chi connectivity index (χ3v) is 3.47. The normalized spacial score (nSPS) is 10.4. The SMILES string of the molecule is CCCCN(c1ccccc1)c1ccc(C(=O)CC)nc1. The summed E-state index contributed by atoms with van der Waals surface area (Å²) < 4.78 is 0. The molecule has 3 nitrogen and oxygen atoms in total. The zero-order chi connectivity index (χ0) is 15.1. The van der Waals surface area contributed by atoms with Crippen molar-refractivity contribution in [3.05, 3.63) is 54.4 Å². The number of carbonyl (C=O) groups is 1. The molecule has 0 bridgehead atoms. The maximum absolute atomic E-state index is 11.7. The highest BCUT2D eigenvalue weighted by Gasteiger charge is 2.10. The van der Waals surface area contributed by atoms with E-state index in [9.17, 15) is 4.79 Å². The fourth-order valence-corrected chi connectivity index (χ4v) is 2.22. The van der Waals surface area contributed by atoms with Crippen molar-refractivity contribution in [3.63, 3.8) is 0 Å². The van der Waals surface area contributed by atoms with Crippen LogP contribution in [-0.4, -0.2) is 17.3 Å². The summed E-state index contributed by atoms with van der Waals surface area (Å²) in [4.78, 5) is 18.2. The van der Waals surface area contributed by atoms with Crippen LogP contribution in [0.2, 0.25) is 0 Å². The highest BCUT2D eigenvalue weighted by molar-refractivity contribution is 5.94. The molecule has 2 aromatic rings. The number of Topliss-reactive ketones (excluding diaryl/α,β-unsaturated/α-hetero) is 1. The molecule has 0 aliphatic carbocycles. The highest BCUT2D eigenvalue weighted by atomic mass is 16.1. The summed E-state index contributed by atoms with van der Waals surface area (Å²) >= 11 is 0. The van der Waals surface area contributed by atoms with Crippen LogP contribution in [-0.2, 0) is 0 Å². The maximum Gasteiger partial charge on any atom is 0.180 e. The number of carbonyl (C=O) groups excluding carboxylic acids is 1. The Morgan fingerprint density at radius 2 is 1.81 bits per heavy atom. The van der Waals surface area contributed by atoms with Gasteiger partial charge in [-0.1, -0.05) is 38.5 Å². The molecule has 0 fully saturated rings. The second-order valence-electron chi connectivity index (χ2n) is 5.02. The van der Waals surface area contributed by atoms with E-state index in [1.54, 1.807) is 6.20 Å². The van der Waals surface area contributed by atoms with Crippen LogP contribution in [0.5, 0.6) is 0 Å². The van der Waals surface area contributed by atoms with Crippen LogP contribution in [0, 0.1) is 0 Å². The molecule has 0 amide bonds. The van der Waals surface area contributed by atoms with Crippen LogP contribution in [0.25, 0.3) is 0 Å². The largest absolute Gasteiger partial charge is 0.340 e. The molecule has 0 radical (unpaired) electrons. The Bertz CT molecular complexity index is 564. The lowest BCUT2D eigenvalue weighted by Crippen LogP contribution is -2.18. The van der Waals surface area contributed by atoms with Gasteiger partial charge in [-0.15, -0.1) is 0 Å². The standard InChI is InChI=1S/C18H22N2O/c1-3-5-13-20(15-9-7-6-8-10-15)16-11-12-17(19-14-16)18(21)4-2/h6-12,14H,3-5,13H2,1-2H3. The summed E-state index contributed by atoms with van der Waals surface area (Å²) in [5, 5.41) is 0. The molecular formula is C18H22N2O. The topological polar surface area (TPSA) is 33.2 Å². The van der Waals surface area contributed by atoms with Gasteiger partial charge in [0.15, 0.2) is 5.78 Å². The first-order chi connectivity index (χ1) is 10.3. The van der Waals surface area contributed by atoms with Crippen molar-refractivity contribution < 1.29 is 4.79 Å². The molecule has 2 rings (SSSR count). The minimum atomic E-state index is 0.0846. The molecule has 21 heavy (non-hydrogen) atoms. The van der Waals surface area contributed by atoms with Crippen LogP contribution in [0.3, 0.4) is 0 Å². The predicted octanol–water partition coefficient (Wildman–Crippen LogP) is 4.61. The Kier molecular flexibility index (Phi) is 5.50. The van der Waals surface area contributed by atoms with Gasteiger partial charge in [0, 0.05) is 18.7 Å². The van der Waals surface area contributed by atoms with Crippen molar-refractivity contribution in [1.29, 1.82) is 0 Å². The lowest BCUT2D eigenvalue weighted by Gasteiger charge is -2.24. The third-order valence-electron chi connectivity index (χ3n) is 3.47. The summed E-state index contributed by atoms with van der Waals surface area (Å²) in [5.74, 6) is 0.0846.